The van der Waals surface area contributed by atoms with Crippen molar-refractivity contribution in [1.82, 2.24) is 29.9 Å². The maximum absolute atomic E-state index is 5.38. The van der Waals surface area contributed by atoms with E-state index in [1.54, 1.807) is 7.11 Å². The Bertz CT molecular complexity index is 3030. The van der Waals surface area contributed by atoms with Gasteiger partial charge in [0.15, 0.2) is 34.9 Å². The highest BCUT2D eigenvalue weighted by molar-refractivity contribution is 5.91. The third kappa shape index (κ3) is 7.51. The number of fused-ring (bicyclic) bond motifs is 1. The number of ether oxygens (including phenoxy) is 1. The number of methoxy groups -OCH3 is 1. The summed E-state index contributed by atoms with van der Waals surface area (Å²) in [6, 6.07) is 67.9. The molecule has 7 heteroatoms. The summed E-state index contributed by atoms with van der Waals surface area (Å²) in [5.74, 6) is 4.53. The topological polar surface area (TPSA) is 86.6 Å². The Kier molecular flexibility index (Phi) is 9.65. The minimum Gasteiger partial charge on any atom is -0.497 e. The summed E-state index contributed by atoms with van der Waals surface area (Å²) in [7, 11) is 1.66. The highest BCUT2D eigenvalue weighted by Gasteiger charge is 2.15. The van der Waals surface area contributed by atoms with E-state index in [1.165, 1.54) is 5.39 Å². The van der Waals surface area contributed by atoms with Crippen LogP contribution in [0.3, 0.4) is 0 Å². The lowest BCUT2D eigenvalue weighted by Crippen LogP contribution is -2.00. The summed E-state index contributed by atoms with van der Waals surface area (Å²) in [5.41, 5.74) is 10.00. The summed E-state index contributed by atoms with van der Waals surface area (Å²) >= 11 is 0. The Balaban J connectivity index is 0.937. The van der Waals surface area contributed by atoms with Crippen molar-refractivity contribution >= 4 is 10.8 Å². The third-order valence-corrected chi connectivity index (χ3v) is 10.5. The molecule has 0 unspecified atom stereocenters. The van der Waals surface area contributed by atoms with Crippen LogP contribution in [-0.4, -0.2) is 37.0 Å². The van der Waals surface area contributed by atoms with Crippen molar-refractivity contribution in [2.24, 2.45) is 0 Å². The molecule has 284 valence electrons. The van der Waals surface area contributed by atoms with Crippen molar-refractivity contribution in [2.75, 3.05) is 7.11 Å². The molecule has 10 aromatic rings. The van der Waals surface area contributed by atoms with E-state index in [-0.39, 0.29) is 0 Å². The van der Waals surface area contributed by atoms with Gasteiger partial charge in [-0.05, 0) is 69.4 Å². The fraction of sp³-hybridized carbons (Fsp3) is 0.0189. The molecule has 0 amide bonds. The van der Waals surface area contributed by atoms with E-state index in [1.807, 2.05) is 115 Å². The van der Waals surface area contributed by atoms with Crippen molar-refractivity contribution in [1.29, 1.82) is 0 Å². The Morgan fingerprint density at radius 1 is 0.250 bits per heavy atom. The predicted octanol–water partition coefficient (Wildman–Crippen LogP) is 12.6. The average molecular weight is 773 g/mol. The quantitative estimate of drug-likeness (QED) is 0.144. The molecule has 0 saturated heterocycles. The molecular weight excluding hydrogens is 737 g/mol. The minimum atomic E-state index is 0.602. The molecule has 2 heterocycles. The SMILES string of the molecule is COc1ccc(-c2nc(-c3ccccc3)nc(-c3ccc(-c4ccc5ccc(-c6ccc(-c7nc(-c8ccccc8)nc(-c8ccccc8)n7)cc6)cc5c4)cc3)n2)cc1. The first-order valence-corrected chi connectivity index (χ1v) is 19.7. The summed E-state index contributed by atoms with van der Waals surface area (Å²) < 4.78 is 5.38. The monoisotopic (exact) mass is 772 g/mol. The summed E-state index contributed by atoms with van der Waals surface area (Å²) in [6.07, 6.45) is 0. The summed E-state index contributed by atoms with van der Waals surface area (Å²) in [6.45, 7) is 0. The lowest BCUT2D eigenvalue weighted by molar-refractivity contribution is 0.415. The van der Waals surface area contributed by atoms with E-state index in [4.69, 9.17) is 34.6 Å². The molecule has 8 aromatic carbocycles. The average Bonchev–Trinajstić information content (AvgIpc) is 3.34. The van der Waals surface area contributed by atoms with Gasteiger partial charge in [0.25, 0.3) is 0 Å². The van der Waals surface area contributed by atoms with Gasteiger partial charge >= 0.3 is 0 Å². The standard InChI is InChI=1S/C53H36N6O/c1-60-47-31-29-43(30-32-47)53-58-50(40-15-9-4-10-16-40)57-52(59-53)42-25-19-36(20-26-42)45-28-22-37-21-27-44(33-46(37)34-45)35-17-23-41(24-18-35)51-55-48(38-11-5-2-6-12-38)54-49(56-51)39-13-7-3-8-14-39/h2-34H,1H3. The van der Waals surface area contributed by atoms with Crippen molar-refractivity contribution in [3.63, 3.8) is 0 Å². The number of rotatable bonds is 9. The first-order valence-electron chi connectivity index (χ1n) is 19.7. The highest BCUT2D eigenvalue weighted by Crippen LogP contribution is 2.33. The van der Waals surface area contributed by atoms with Crippen LogP contribution in [0.15, 0.2) is 200 Å². The molecule has 0 radical (unpaired) electrons. The van der Waals surface area contributed by atoms with Gasteiger partial charge in [-0.1, -0.05) is 164 Å². The second-order valence-electron chi connectivity index (χ2n) is 14.4. The molecule has 0 saturated carbocycles. The zero-order valence-electron chi connectivity index (χ0n) is 32.6. The van der Waals surface area contributed by atoms with Crippen LogP contribution in [0.1, 0.15) is 0 Å². The lowest BCUT2D eigenvalue weighted by Gasteiger charge is -2.10. The Labute approximate surface area is 347 Å². The number of hydrogen-bond acceptors (Lipinski definition) is 7. The zero-order chi connectivity index (χ0) is 40.3. The molecule has 0 spiro atoms. The summed E-state index contributed by atoms with van der Waals surface area (Å²) in [4.78, 5) is 29.3. The fourth-order valence-electron chi connectivity index (χ4n) is 7.26. The van der Waals surface area contributed by atoms with Crippen molar-refractivity contribution < 1.29 is 4.74 Å². The van der Waals surface area contributed by atoms with Crippen LogP contribution >= 0.6 is 0 Å². The van der Waals surface area contributed by atoms with E-state index in [9.17, 15) is 0 Å². The van der Waals surface area contributed by atoms with Crippen molar-refractivity contribution in [3.8, 4) is 96.3 Å². The Morgan fingerprint density at radius 2 is 0.517 bits per heavy atom. The van der Waals surface area contributed by atoms with Crippen LogP contribution in [0.2, 0.25) is 0 Å². The van der Waals surface area contributed by atoms with Crippen LogP contribution in [0, 0.1) is 0 Å². The molecule has 0 N–H and O–H groups in total. The molecule has 60 heavy (non-hydrogen) atoms. The first kappa shape index (κ1) is 36.2. The van der Waals surface area contributed by atoms with Crippen molar-refractivity contribution in [3.05, 3.63) is 200 Å². The number of benzene rings is 8. The van der Waals surface area contributed by atoms with Gasteiger partial charge in [0, 0.05) is 33.4 Å². The van der Waals surface area contributed by atoms with Gasteiger partial charge in [-0.25, -0.2) is 29.9 Å². The Hall–Kier alpha value is -8.16. The third-order valence-electron chi connectivity index (χ3n) is 10.5. The molecule has 0 atom stereocenters. The first-order chi connectivity index (χ1) is 29.6. The zero-order valence-corrected chi connectivity index (χ0v) is 32.6. The molecule has 0 aliphatic heterocycles. The number of aromatic nitrogens is 6. The molecule has 7 nitrogen and oxygen atoms in total. The van der Waals surface area contributed by atoms with Crippen molar-refractivity contribution in [2.45, 2.75) is 0 Å². The molecule has 0 fully saturated rings. The largest absolute Gasteiger partial charge is 0.497 e. The lowest BCUT2D eigenvalue weighted by atomic mass is 9.96. The predicted molar refractivity (Wildman–Crippen MR) is 241 cm³/mol. The summed E-state index contributed by atoms with van der Waals surface area (Å²) in [5, 5.41) is 2.33. The normalized spacial score (nSPS) is 11.1. The van der Waals surface area contributed by atoms with Crippen LogP contribution in [0.4, 0.5) is 0 Å². The second-order valence-corrected chi connectivity index (χ2v) is 14.4. The molecule has 2 aromatic heterocycles. The van der Waals surface area contributed by atoms with Gasteiger partial charge in [0.1, 0.15) is 5.75 Å². The van der Waals surface area contributed by atoms with E-state index in [0.29, 0.717) is 34.9 Å². The van der Waals surface area contributed by atoms with Gasteiger partial charge in [0.05, 0.1) is 7.11 Å². The van der Waals surface area contributed by atoms with Crippen LogP contribution in [-0.2, 0) is 0 Å². The number of hydrogen-bond donors (Lipinski definition) is 0. The molecule has 10 rings (SSSR count). The molecule has 0 bridgehead atoms. The van der Waals surface area contributed by atoms with Gasteiger partial charge in [-0.3, -0.25) is 0 Å². The van der Waals surface area contributed by atoms with Gasteiger partial charge in [-0.2, -0.15) is 0 Å². The maximum atomic E-state index is 5.38. The van der Waals surface area contributed by atoms with Gasteiger partial charge in [-0.15, -0.1) is 0 Å². The van der Waals surface area contributed by atoms with E-state index >= 15 is 0 Å². The van der Waals surface area contributed by atoms with E-state index < -0.39 is 0 Å². The van der Waals surface area contributed by atoms with Crippen LogP contribution < -0.4 is 4.74 Å². The Morgan fingerprint density at radius 3 is 0.833 bits per heavy atom. The smallest absolute Gasteiger partial charge is 0.164 e. The van der Waals surface area contributed by atoms with Gasteiger partial charge in [0.2, 0.25) is 0 Å². The maximum Gasteiger partial charge on any atom is 0.164 e. The second kappa shape index (κ2) is 16.0. The van der Waals surface area contributed by atoms with E-state index in [0.717, 1.165) is 66.8 Å². The number of nitrogens with zero attached hydrogens (tertiary/aromatic N) is 6. The van der Waals surface area contributed by atoms with Crippen LogP contribution in [0.25, 0.3) is 101 Å². The molecule has 0 aliphatic rings. The fourth-order valence-corrected chi connectivity index (χ4v) is 7.26. The van der Waals surface area contributed by atoms with Gasteiger partial charge < -0.3 is 4.74 Å². The highest BCUT2D eigenvalue weighted by atomic mass is 16.5. The van der Waals surface area contributed by atoms with Crippen LogP contribution in [0.5, 0.6) is 5.75 Å². The molecular formula is C53H36N6O. The molecule has 0 aliphatic carbocycles. The minimum absolute atomic E-state index is 0.602. The van der Waals surface area contributed by atoms with E-state index in [2.05, 4.69) is 84.9 Å².